The Morgan fingerprint density at radius 1 is 1.24 bits per heavy atom. The maximum atomic E-state index is 13.1. The van der Waals surface area contributed by atoms with Crippen LogP contribution < -0.4 is 16.4 Å². The molecule has 9 heteroatoms. The number of nitrogens with two attached hydrogens (primary N) is 1. The standard InChI is InChI=1S/C20H19FN6O2/c1-9-12(6-24-7-13(9)19(28)23-2)16-3-10-4-17(25-8-14(10)18(22)26-16)27-20(29)11-5-15(11)21/h3-4,6-8,11,15H,5H2,1-2H3,(H2,22,26)(H,23,28)(H,25,27,29)/t11-,15+/m0/s1. The number of nitrogens with one attached hydrogen (secondary N) is 2. The molecule has 148 valence electrons. The van der Waals surface area contributed by atoms with E-state index in [1.165, 1.54) is 12.4 Å². The molecule has 1 aliphatic carbocycles. The van der Waals surface area contributed by atoms with E-state index in [-0.39, 0.29) is 24.1 Å². The molecule has 0 saturated heterocycles. The lowest BCUT2D eigenvalue weighted by atomic mass is 10.0. The van der Waals surface area contributed by atoms with Crippen LogP contribution in [-0.4, -0.2) is 40.0 Å². The third-order valence-corrected chi connectivity index (χ3v) is 5.01. The van der Waals surface area contributed by atoms with Gasteiger partial charge in [-0.2, -0.15) is 0 Å². The minimum atomic E-state index is -1.08. The van der Waals surface area contributed by atoms with Gasteiger partial charge in [0.2, 0.25) is 5.91 Å². The van der Waals surface area contributed by atoms with E-state index in [2.05, 4.69) is 25.6 Å². The number of nitrogens with zero attached hydrogens (tertiary/aromatic N) is 3. The number of amides is 2. The maximum absolute atomic E-state index is 13.1. The molecular formula is C20H19FN6O2. The van der Waals surface area contributed by atoms with Crippen molar-refractivity contribution in [2.45, 2.75) is 19.5 Å². The van der Waals surface area contributed by atoms with Gasteiger partial charge in [0, 0.05) is 36.6 Å². The van der Waals surface area contributed by atoms with Gasteiger partial charge in [-0.25, -0.2) is 14.4 Å². The molecule has 0 unspecified atom stereocenters. The van der Waals surface area contributed by atoms with Crippen molar-refractivity contribution >= 4 is 34.2 Å². The third kappa shape index (κ3) is 3.46. The Morgan fingerprint density at radius 3 is 2.69 bits per heavy atom. The van der Waals surface area contributed by atoms with Crippen molar-refractivity contribution in [1.82, 2.24) is 20.3 Å². The Hall–Kier alpha value is -3.62. The van der Waals surface area contributed by atoms with E-state index in [0.29, 0.717) is 33.4 Å². The van der Waals surface area contributed by atoms with Gasteiger partial charge in [-0.1, -0.05) is 0 Å². The van der Waals surface area contributed by atoms with Crippen LogP contribution in [0.4, 0.5) is 16.0 Å². The summed E-state index contributed by atoms with van der Waals surface area (Å²) in [7, 11) is 1.55. The summed E-state index contributed by atoms with van der Waals surface area (Å²) in [6, 6.07) is 3.45. The summed E-state index contributed by atoms with van der Waals surface area (Å²) in [5, 5.41) is 6.54. The monoisotopic (exact) mass is 394 g/mol. The van der Waals surface area contributed by atoms with Gasteiger partial charge in [-0.3, -0.25) is 14.6 Å². The number of carbonyl (C=O) groups is 2. The van der Waals surface area contributed by atoms with Crippen LogP contribution in [-0.2, 0) is 4.79 Å². The number of aromatic nitrogens is 3. The molecule has 3 aromatic rings. The van der Waals surface area contributed by atoms with E-state index >= 15 is 0 Å². The fourth-order valence-electron chi connectivity index (χ4n) is 3.18. The second-order valence-electron chi connectivity index (χ2n) is 6.97. The first-order chi connectivity index (χ1) is 13.9. The minimum Gasteiger partial charge on any atom is -0.383 e. The van der Waals surface area contributed by atoms with Gasteiger partial charge in [0.05, 0.1) is 17.2 Å². The molecule has 0 spiro atoms. The summed E-state index contributed by atoms with van der Waals surface area (Å²) < 4.78 is 13.1. The zero-order valence-electron chi connectivity index (χ0n) is 15.9. The molecule has 1 saturated carbocycles. The van der Waals surface area contributed by atoms with Crippen molar-refractivity contribution in [3.05, 3.63) is 41.9 Å². The summed E-state index contributed by atoms with van der Waals surface area (Å²) >= 11 is 0. The van der Waals surface area contributed by atoms with Crippen LogP contribution in [0, 0.1) is 12.8 Å². The average molecular weight is 394 g/mol. The molecule has 2 atom stereocenters. The first kappa shape index (κ1) is 18.7. The Kier molecular flexibility index (Phi) is 4.57. The first-order valence-corrected chi connectivity index (χ1v) is 9.07. The van der Waals surface area contributed by atoms with Gasteiger partial charge < -0.3 is 16.4 Å². The molecule has 4 N–H and O–H groups in total. The van der Waals surface area contributed by atoms with Crippen molar-refractivity contribution in [2.24, 2.45) is 5.92 Å². The van der Waals surface area contributed by atoms with E-state index in [4.69, 9.17) is 5.73 Å². The lowest BCUT2D eigenvalue weighted by molar-refractivity contribution is -0.117. The van der Waals surface area contributed by atoms with Crippen LogP contribution in [0.3, 0.4) is 0 Å². The summed E-state index contributed by atoms with van der Waals surface area (Å²) in [6.07, 6.45) is 3.80. The van der Waals surface area contributed by atoms with Gasteiger partial charge >= 0.3 is 0 Å². The van der Waals surface area contributed by atoms with Crippen LogP contribution >= 0.6 is 0 Å². The van der Waals surface area contributed by atoms with Crippen LogP contribution in [0.25, 0.3) is 22.0 Å². The number of hydrogen-bond acceptors (Lipinski definition) is 6. The number of alkyl halides is 1. The highest BCUT2D eigenvalue weighted by Gasteiger charge is 2.43. The molecule has 1 fully saturated rings. The van der Waals surface area contributed by atoms with Crippen LogP contribution in [0.15, 0.2) is 30.7 Å². The summed E-state index contributed by atoms with van der Waals surface area (Å²) in [5.41, 5.74) is 8.48. The Labute approximate surface area is 165 Å². The average Bonchev–Trinajstić information content (AvgIpc) is 3.44. The number of rotatable bonds is 4. The predicted octanol–water partition coefficient (Wildman–Crippen LogP) is 2.24. The number of hydrogen-bond donors (Lipinski definition) is 3. The minimum absolute atomic E-state index is 0.244. The van der Waals surface area contributed by atoms with Crippen molar-refractivity contribution in [1.29, 1.82) is 0 Å². The van der Waals surface area contributed by atoms with Crippen molar-refractivity contribution in [3.8, 4) is 11.3 Å². The van der Waals surface area contributed by atoms with Gasteiger partial charge in [-0.05, 0) is 36.4 Å². The number of pyridine rings is 3. The highest BCUT2D eigenvalue weighted by atomic mass is 19.1. The van der Waals surface area contributed by atoms with Gasteiger partial charge in [0.25, 0.3) is 5.91 Å². The number of anilines is 2. The van der Waals surface area contributed by atoms with Crippen LogP contribution in [0.5, 0.6) is 0 Å². The zero-order valence-corrected chi connectivity index (χ0v) is 15.9. The molecule has 4 rings (SSSR count). The largest absolute Gasteiger partial charge is 0.383 e. The van der Waals surface area contributed by atoms with E-state index in [0.717, 1.165) is 5.56 Å². The number of fused-ring (bicyclic) bond motifs is 1. The first-order valence-electron chi connectivity index (χ1n) is 9.07. The molecule has 0 radical (unpaired) electrons. The Bertz CT molecular complexity index is 1150. The summed E-state index contributed by atoms with van der Waals surface area (Å²) in [4.78, 5) is 36.8. The lowest BCUT2D eigenvalue weighted by Gasteiger charge is -2.12. The van der Waals surface area contributed by atoms with Crippen molar-refractivity contribution < 1.29 is 14.0 Å². The Balaban J connectivity index is 1.74. The second-order valence-corrected chi connectivity index (χ2v) is 6.97. The smallest absolute Gasteiger partial charge is 0.252 e. The molecule has 0 aromatic carbocycles. The SMILES string of the molecule is CNC(=O)c1cncc(-c2cc3cc(NC(=O)[C@H]4C[C@H]4F)ncc3c(N)n2)c1C. The fourth-order valence-corrected chi connectivity index (χ4v) is 3.18. The highest BCUT2D eigenvalue weighted by Crippen LogP contribution is 2.35. The molecule has 0 bridgehead atoms. The van der Waals surface area contributed by atoms with Crippen molar-refractivity contribution in [3.63, 3.8) is 0 Å². The third-order valence-electron chi connectivity index (χ3n) is 5.01. The van der Waals surface area contributed by atoms with Crippen molar-refractivity contribution in [2.75, 3.05) is 18.1 Å². The molecule has 8 nitrogen and oxygen atoms in total. The zero-order chi connectivity index (χ0) is 20.7. The van der Waals surface area contributed by atoms with Gasteiger partial charge in [0.1, 0.15) is 17.8 Å². The highest BCUT2D eigenvalue weighted by molar-refractivity contribution is 6.00. The Morgan fingerprint density at radius 2 is 2.00 bits per heavy atom. The summed E-state index contributed by atoms with van der Waals surface area (Å²) in [6.45, 7) is 1.81. The van der Waals surface area contributed by atoms with E-state index in [1.54, 1.807) is 25.4 Å². The van der Waals surface area contributed by atoms with E-state index in [9.17, 15) is 14.0 Å². The molecule has 3 aromatic heterocycles. The predicted molar refractivity (Wildman–Crippen MR) is 107 cm³/mol. The van der Waals surface area contributed by atoms with E-state index in [1.807, 2.05) is 6.92 Å². The lowest BCUT2D eigenvalue weighted by Crippen LogP contribution is -2.19. The molecule has 3 heterocycles. The fraction of sp³-hybridized carbons (Fsp3) is 0.250. The van der Waals surface area contributed by atoms with Crippen LogP contribution in [0.2, 0.25) is 0 Å². The van der Waals surface area contributed by atoms with E-state index < -0.39 is 12.1 Å². The number of nitrogen functional groups attached to an aromatic ring is 1. The number of carbonyl (C=O) groups excluding carboxylic acids is 2. The van der Waals surface area contributed by atoms with Crippen LogP contribution in [0.1, 0.15) is 22.3 Å². The molecule has 0 aliphatic heterocycles. The molecule has 29 heavy (non-hydrogen) atoms. The molecule has 1 aliphatic rings. The topological polar surface area (TPSA) is 123 Å². The summed E-state index contributed by atoms with van der Waals surface area (Å²) in [5.74, 6) is -0.659. The second kappa shape index (κ2) is 7.08. The molecule has 2 amide bonds. The molecular weight excluding hydrogens is 375 g/mol. The van der Waals surface area contributed by atoms with Gasteiger partial charge in [0.15, 0.2) is 0 Å². The number of halogens is 1. The quantitative estimate of drug-likeness (QED) is 0.624. The maximum Gasteiger partial charge on any atom is 0.252 e. The van der Waals surface area contributed by atoms with Gasteiger partial charge in [-0.15, -0.1) is 0 Å². The normalized spacial score (nSPS) is 17.8.